The van der Waals surface area contributed by atoms with Crippen molar-refractivity contribution in [3.05, 3.63) is 0 Å². The number of nitrogens with two attached hydrogens (primary N) is 1. The van der Waals surface area contributed by atoms with Gasteiger partial charge in [0.25, 0.3) is 0 Å². The van der Waals surface area contributed by atoms with Crippen molar-refractivity contribution in [2.24, 2.45) is 17.1 Å². The molecule has 0 aromatic heterocycles. The van der Waals surface area contributed by atoms with Crippen LogP contribution in [0.4, 0.5) is 0 Å². The standard InChI is InChI=1S/C8H15NO2/c1-8(2)5(4-6(8)9)7(10)11-3/h5-6H,4,9H2,1-3H3. The van der Waals surface area contributed by atoms with E-state index in [1.807, 2.05) is 13.8 Å². The van der Waals surface area contributed by atoms with Crippen molar-refractivity contribution >= 4 is 5.97 Å². The Morgan fingerprint density at radius 1 is 1.64 bits per heavy atom. The minimum Gasteiger partial charge on any atom is -0.469 e. The first-order chi connectivity index (χ1) is 5.00. The first-order valence-electron chi connectivity index (χ1n) is 3.83. The van der Waals surface area contributed by atoms with Gasteiger partial charge < -0.3 is 10.5 Å². The molecule has 1 fully saturated rings. The average Bonchev–Trinajstić information content (AvgIpc) is 1.98. The van der Waals surface area contributed by atoms with Crippen LogP contribution in [0.25, 0.3) is 0 Å². The SMILES string of the molecule is COC(=O)C1CC(N)C1(C)C. The number of esters is 1. The third-order valence-electron chi connectivity index (χ3n) is 2.83. The van der Waals surface area contributed by atoms with Crippen molar-refractivity contribution in [1.29, 1.82) is 0 Å². The van der Waals surface area contributed by atoms with Crippen LogP contribution in [-0.4, -0.2) is 19.1 Å². The van der Waals surface area contributed by atoms with Gasteiger partial charge in [0.1, 0.15) is 0 Å². The number of carbonyl (C=O) groups is 1. The van der Waals surface area contributed by atoms with Crippen LogP contribution in [0.3, 0.4) is 0 Å². The van der Waals surface area contributed by atoms with Crippen molar-refractivity contribution in [3.63, 3.8) is 0 Å². The molecule has 2 N–H and O–H groups in total. The molecule has 0 aromatic rings. The lowest BCUT2D eigenvalue weighted by atomic mass is 9.59. The van der Waals surface area contributed by atoms with Crippen LogP contribution in [0, 0.1) is 11.3 Å². The number of hydrogen-bond donors (Lipinski definition) is 1. The highest BCUT2D eigenvalue weighted by molar-refractivity contribution is 5.74. The summed E-state index contributed by atoms with van der Waals surface area (Å²) in [5.41, 5.74) is 5.66. The number of carbonyl (C=O) groups excluding carboxylic acids is 1. The summed E-state index contributed by atoms with van der Waals surface area (Å²) in [6.45, 7) is 4.01. The first kappa shape index (κ1) is 8.53. The predicted molar refractivity (Wildman–Crippen MR) is 41.9 cm³/mol. The molecular weight excluding hydrogens is 142 g/mol. The summed E-state index contributed by atoms with van der Waals surface area (Å²) in [5.74, 6) is -0.126. The Morgan fingerprint density at radius 2 is 2.18 bits per heavy atom. The van der Waals surface area contributed by atoms with E-state index in [4.69, 9.17) is 5.73 Å². The predicted octanol–water partition coefficient (Wildman–Crippen LogP) is 0.533. The molecule has 2 atom stereocenters. The quantitative estimate of drug-likeness (QED) is 0.565. The van der Waals surface area contributed by atoms with Gasteiger partial charge in [0.2, 0.25) is 0 Å². The molecule has 0 bridgehead atoms. The van der Waals surface area contributed by atoms with E-state index in [2.05, 4.69) is 4.74 Å². The molecule has 11 heavy (non-hydrogen) atoms. The molecule has 0 spiro atoms. The van der Waals surface area contributed by atoms with Gasteiger partial charge in [-0.05, 0) is 11.8 Å². The summed E-state index contributed by atoms with van der Waals surface area (Å²) in [6.07, 6.45) is 0.764. The average molecular weight is 157 g/mol. The molecule has 0 aliphatic heterocycles. The van der Waals surface area contributed by atoms with E-state index in [1.165, 1.54) is 7.11 Å². The van der Waals surface area contributed by atoms with E-state index in [9.17, 15) is 4.79 Å². The fraction of sp³-hybridized carbons (Fsp3) is 0.875. The Morgan fingerprint density at radius 3 is 2.45 bits per heavy atom. The maximum absolute atomic E-state index is 11.1. The Hall–Kier alpha value is -0.570. The second-order valence-corrected chi connectivity index (χ2v) is 3.74. The highest BCUT2D eigenvalue weighted by Gasteiger charge is 2.50. The lowest BCUT2D eigenvalue weighted by molar-refractivity contribution is -0.157. The van der Waals surface area contributed by atoms with Crippen LogP contribution in [0.5, 0.6) is 0 Å². The van der Waals surface area contributed by atoms with Crippen LogP contribution in [0.15, 0.2) is 0 Å². The van der Waals surface area contributed by atoms with Crippen LogP contribution >= 0.6 is 0 Å². The van der Waals surface area contributed by atoms with Gasteiger partial charge in [0.05, 0.1) is 13.0 Å². The lowest BCUT2D eigenvalue weighted by Crippen LogP contribution is -2.57. The Bertz CT molecular complexity index is 177. The summed E-state index contributed by atoms with van der Waals surface area (Å²) in [7, 11) is 1.42. The number of rotatable bonds is 1. The normalized spacial score (nSPS) is 34.2. The second kappa shape index (κ2) is 2.48. The fourth-order valence-corrected chi connectivity index (χ4v) is 1.50. The molecule has 3 heteroatoms. The van der Waals surface area contributed by atoms with Gasteiger partial charge in [0, 0.05) is 6.04 Å². The number of hydrogen-bond acceptors (Lipinski definition) is 3. The van der Waals surface area contributed by atoms with Gasteiger partial charge in [-0.3, -0.25) is 4.79 Å². The van der Waals surface area contributed by atoms with Crippen molar-refractivity contribution in [2.75, 3.05) is 7.11 Å². The maximum Gasteiger partial charge on any atom is 0.309 e. The molecule has 0 amide bonds. The van der Waals surface area contributed by atoms with E-state index in [1.54, 1.807) is 0 Å². The summed E-state index contributed by atoms with van der Waals surface area (Å²) >= 11 is 0. The molecule has 1 rings (SSSR count). The summed E-state index contributed by atoms with van der Waals surface area (Å²) in [6, 6.07) is 0.145. The van der Waals surface area contributed by atoms with Crippen molar-refractivity contribution in [1.82, 2.24) is 0 Å². The largest absolute Gasteiger partial charge is 0.469 e. The zero-order valence-electron chi connectivity index (χ0n) is 7.26. The molecule has 64 valence electrons. The monoisotopic (exact) mass is 157 g/mol. The van der Waals surface area contributed by atoms with Gasteiger partial charge in [-0.25, -0.2) is 0 Å². The van der Waals surface area contributed by atoms with E-state index in [0.29, 0.717) is 0 Å². The molecule has 2 unspecified atom stereocenters. The number of ether oxygens (including phenoxy) is 1. The van der Waals surface area contributed by atoms with Crippen LogP contribution < -0.4 is 5.73 Å². The topological polar surface area (TPSA) is 52.3 Å². The van der Waals surface area contributed by atoms with Gasteiger partial charge in [-0.1, -0.05) is 13.8 Å². The minimum absolute atomic E-state index is 0.00231. The highest BCUT2D eigenvalue weighted by atomic mass is 16.5. The van der Waals surface area contributed by atoms with Gasteiger partial charge >= 0.3 is 5.97 Å². The van der Waals surface area contributed by atoms with Crippen molar-refractivity contribution in [3.8, 4) is 0 Å². The van der Waals surface area contributed by atoms with E-state index >= 15 is 0 Å². The van der Waals surface area contributed by atoms with Gasteiger partial charge in [-0.15, -0.1) is 0 Å². The van der Waals surface area contributed by atoms with Crippen molar-refractivity contribution in [2.45, 2.75) is 26.3 Å². The molecule has 0 saturated heterocycles. The second-order valence-electron chi connectivity index (χ2n) is 3.74. The van der Waals surface area contributed by atoms with E-state index in [0.717, 1.165) is 6.42 Å². The first-order valence-corrected chi connectivity index (χ1v) is 3.83. The lowest BCUT2D eigenvalue weighted by Gasteiger charge is -2.48. The van der Waals surface area contributed by atoms with Gasteiger partial charge in [-0.2, -0.15) is 0 Å². The Kier molecular flexibility index (Phi) is 1.92. The van der Waals surface area contributed by atoms with Crippen LogP contribution in [0.1, 0.15) is 20.3 Å². The zero-order chi connectivity index (χ0) is 8.65. The van der Waals surface area contributed by atoms with Crippen LogP contribution in [0.2, 0.25) is 0 Å². The molecule has 1 saturated carbocycles. The molecule has 0 heterocycles. The smallest absolute Gasteiger partial charge is 0.309 e. The summed E-state index contributed by atoms with van der Waals surface area (Å²) in [5, 5.41) is 0. The Labute approximate surface area is 66.9 Å². The molecule has 1 aliphatic rings. The summed E-state index contributed by atoms with van der Waals surface area (Å²) < 4.78 is 4.64. The molecule has 0 aromatic carbocycles. The van der Waals surface area contributed by atoms with Crippen LogP contribution in [-0.2, 0) is 9.53 Å². The number of methoxy groups -OCH3 is 1. The third-order valence-corrected chi connectivity index (χ3v) is 2.83. The Balaban J connectivity index is 2.59. The van der Waals surface area contributed by atoms with Crippen molar-refractivity contribution < 1.29 is 9.53 Å². The summed E-state index contributed by atoms with van der Waals surface area (Å²) in [4.78, 5) is 11.1. The maximum atomic E-state index is 11.1. The van der Waals surface area contributed by atoms with Gasteiger partial charge in [0.15, 0.2) is 0 Å². The molecular formula is C8H15NO2. The minimum atomic E-state index is -0.128. The third kappa shape index (κ3) is 1.13. The molecule has 3 nitrogen and oxygen atoms in total. The zero-order valence-corrected chi connectivity index (χ0v) is 7.26. The molecule has 0 radical (unpaired) electrons. The molecule has 1 aliphatic carbocycles. The fourth-order valence-electron chi connectivity index (χ4n) is 1.50. The van der Waals surface area contributed by atoms with E-state index < -0.39 is 0 Å². The highest BCUT2D eigenvalue weighted by Crippen LogP contribution is 2.45. The van der Waals surface area contributed by atoms with E-state index in [-0.39, 0.29) is 23.3 Å².